The van der Waals surface area contributed by atoms with E-state index < -0.39 is 0 Å². The molecule has 0 aliphatic heterocycles. The van der Waals surface area contributed by atoms with Crippen molar-refractivity contribution in [2.75, 3.05) is 7.05 Å². The molecule has 1 amide bonds. The second-order valence-electron chi connectivity index (χ2n) is 6.85. The van der Waals surface area contributed by atoms with Crippen LogP contribution in [0.4, 0.5) is 4.39 Å². The van der Waals surface area contributed by atoms with Gasteiger partial charge in [0, 0.05) is 31.7 Å². The third-order valence-corrected chi connectivity index (χ3v) is 4.54. The van der Waals surface area contributed by atoms with E-state index >= 15 is 0 Å². The van der Waals surface area contributed by atoms with Crippen molar-refractivity contribution in [1.29, 1.82) is 0 Å². The molecule has 2 rings (SSSR count). The van der Waals surface area contributed by atoms with Gasteiger partial charge in [-0.2, -0.15) is 0 Å². The van der Waals surface area contributed by atoms with Crippen LogP contribution < -0.4 is 16.0 Å². The minimum Gasteiger partial charge on any atom is -0.352 e. The summed E-state index contributed by atoms with van der Waals surface area (Å²) in [7, 11) is 1.70. The SMILES string of the molecule is CCC(C)NC(=O)c1cccc(CNC(=NC)NCc2ccc(F)c(C)c2)c1.I. The van der Waals surface area contributed by atoms with Gasteiger partial charge in [0.2, 0.25) is 0 Å². The van der Waals surface area contributed by atoms with Gasteiger partial charge in [-0.25, -0.2) is 4.39 Å². The van der Waals surface area contributed by atoms with Crippen molar-refractivity contribution < 1.29 is 9.18 Å². The quantitative estimate of drug-likeness (QED) is 0.297. The number of halogens is 2. The predicted molar refractivity (Wildman–Crippen MR) is 127 cm³/mol. The van der Waals surface area contributed by atoms with E-state index in [4.69, 9.17) is 0 Å². The lowest BCUT2D eigenvalue weighted by atomic mass is 10.1. The van der Waals surface area contributed by atoms with Crippen LogP contribution in [0.2, 0.25) is 0 Å². The van der Waals surface area contributed by atoms with E-state index in [9.17, 15) is 9.18 Å². The molecule has 1 unspecified atom stereocenters. The zero-order chi connectivity index (χ0) is 20.5. The van der Waals surface area contributed by atoms with Crippen LogP contribution in [0.25, 0.3) is 0 Å². The van der Waals surface area contributed by atoms with Crippen molar-refractivity contribution in [2.45, 2.75) is 46.3 Å². The molecule has 2 aromatic carbocycles. The molecule has 0 heterocycles. The molecule has 3 N–H and O–H groups in total. The molecule has 0 spiro atoms. The Labute approximate surface area is 189 Å². The van der Waals surface area contributed by atoms with Gasteiger partial charge in [0.25, 0.3) is 5.91 Å². The number of amides is 1. The van der Waals surface area contributed by atoms with Crippen LogP contribution in [0.15, 0.2) is 47.5 Å². The summed E-state index contributed by atoms with van der Waals surface area (Å²) < 4.78 is 13.4. The van der Waals surface area contributed by atoms with E-state index in [-0.39, 0.29) is 41.7 Å². The zero-order valence-corrected chi connectivity index (χ0v) is 19.7. The summed E-state index contributed by atoms with van der Waals surface area (Å²) in [5.41, 5.74) is 3.22. The fourth-order valence-corrected chi connectivity index (χ4v) is 2.64. The van der Waals surface area contributed by atoms with Crippen molar-refractivity contribution >= 4 is 35.8 Å². The normalized spacial score (nSPS) is 12.0. The van der Waals surface area contributed by atoms with Gasteiger partial charge in [-0.15, -0.1) is 24.0 Å². The molecule has 0 saturated carbocycles. The predicted octanol–water partition coefficient (Wildman–Crippen LogP) is 4.15. The molecule has 0 aliphatic rings. The summed E-state index contributed by atoms with van der Waals surface area (Å²) in [5, 5.41) is 9.42. The second-order valence-corrected chi connectivity index (χ2v) is 6.85. The van der Waals surface area contributed by atoms with E-state index in [1.54, 1.807) is 20.0 Å². The summed E-state index contributed by atoms with van der Waals surface area (Å²) in [6, 6.07) is 12.7. The molecule has 0 fully saturated rings. The van der Waals surface area contributed by atoms with Crippen LogP contribution in [0.5, 0.6) is 0 Å². The summed E-state index contributed by atoms with van der Waals surface area (Å²) >= 11 is 0. The Balaban J connectivity index is 0.00000420. The Morgan fingerprint density at radius 3 is 2.34 bits per heavy atom. The fraction of sp³-hybridized carbons (Fsp3) is 0.364. The van der Waals surface area contributed by atoms with Crippen molar-refractivity contribution in [3.05, 3.63) is 70.5 Å². The molecule has 158 valence electrons. The van der Waals surface area contributed by atoms with Crippen LogP contribution in [0.3, 0.4) is 0 Å². The second kappa shape index (κ2) is 12.4. The van der Waals surface area contributed by atoms with Crippen LogP contribution in [-0.2, 0) is 13.1 Å². The minimum atomic E-state index is -0.205. The highest BCUT2D eigenvalue weighted by atomic mass is 127. The smallest absolute Gasteiger partial charge is 0.251 e. The Morgan fingerprint density at radius 2 is 1.76 bits per heavy atom. The van der Waals surface area contributed by atoms with Gasteiger partial charge in [-0.1, -0.05) is 31.2 Å². The number of guanidine groups is 1. The first-order chi connectivity index (χ1) is 13.4. The Bertz CT molecular complexity index is 841. The zero-order valence-electron chi connectivity index (χ0n) is 17.4. The number of hydrogen-bond donors (Lipinski definition) is 3. The molecular formula is C22H30FIN4O. The highest BCUT2D eigenvalue weighted by Crippen LogP contribution is 2.09. The average Bonchev–Trinajstić information content (AvgIpc) is 2.70. The van der Waals surface area contributed by atoms with E-state index in [1.807, 2.05) is 44.2 Å². The lowest BCUT2D eigenvalue weighted by Gasteiger charge is -2.14. The van der Waals surface area contributed by atoms with Crippen LogP contribution in [0.1, 0.15) is 47.3 Å². The van der Waals surface area contributed by atoms with E-state index in [2.05, 4.69) is 20.9 Å². The average molecular weight is 512 g/mol. The number of nitrogens with zero attached hydrogens (tertiary/aromatic N) is 1. The third-order valence-electron chi connectivity index (χ3n) is 4.54. The fourth-order valence-electron chi connectivity index (χ4n) is 2.64. The first kappa shape index (κ1) is 24.9. The third kappa shape index (κ3) is 8.00. The molecule has 0 saturated heterocycles. The summed E-state index contributed by atoms with van der Waals surface area (Å²) in [4.78, 5) is 16.5. The molecule has 5 nitrogen and oxygen atoms in total. The number of rotatable bonds is 7. The van der Waals surface area contributed by atoms with Crippen LogP contribution in [0, 0.1) is 12.7 Å². The maximum Gasteiger partial charge on any atom is 0.251 e. The Hall–Kier alpha value is -2.16. The maximum absolute atomic E-state index is 13.4. The Kier molecular flexibility index (Phi) is 10.6. The molecule has 0 aromatic heterocycles. The van der Waals surface area contributed by atoms with Gasteiger partial charge in [-0.05, 0) is 55.2 Å². The van der Waals surface area contributed by atoms with Crippen molar-refractivity contribution in [3.8, 4) is 0 Å². The van der Waals surface area contributed by atoms with E-state index in [1.165, 1.54) is 6.07 Å². The minimum absolute atomic E-state index is 0. The van der Waals surface area contributed by atoms with Gasteiger partial charge < -0.3 is 16.0 Å². The standard InChI is InChI=1S/C22H29FN4O.HI/c1-5-16(3)27-21(28)19-8-6-7-17(12-19)13-25-22(24-4)26-14-18-9-10-20(23)15(2)11-18;/h6-12,16H,5,13-14H2,1-4H3,(H,27,28)(H2,24,25,26);1H. The van der Waals surface area contributed by atoms with E-state index in [0.29, 0.717) is 30.2 Å². The summed E-state index contributed by atoms with van der Waals surface area (Å²) in [5.74, 6) is 0.366. The van der Waals surface area contributed by atoms with Gasteiger partial charge >= 0.3 is 0 Å². The first-order valence-corrected chi connectivity index (χ1v) is 9.52. The van der Waals surface area contributed by atoms with Crippen molar-refractivity contribution in [2.24, 2.45) is 4.99 Å². The van der Waals surface area contributed by atoms with Gasteiger partial charge in [0.15, 0.2) is 5.96 Å². The highest BCUT2D eigenvalue weighted by molar-refractivity contribution is 14.0. The number of hydrogen-bond acceptors (Lipinski definition) is 2. The van der Waals surface area contributed by atoms with Gasteiger partial charge in [0.1, 0.15) is 5.82 Å². The van der Waals surface area contributed by atoms with Gasteiger partial charge in [0.05, 0.1) is 0 Å². The molecule has 29 heavy (non-hydrogen) atoms. The molecule has 7 heteroatoms. The van der Waals surface area contributed by atoms with Gasteiger partial charge in [-0.3, -0.25) is 9.79 Å². The number of carbonyl (C=O) groups excluding carboxylic acids is 1. The molecular weight excluding hydrogens is 482 g/mol. The van der Waals surface area contributed by atoms with Crippen molar-refractivity contribution in [1.82, 2.24) is 16.0 Å². The highest BCUT2D eigenvalue weighted by Gasteiger charge is 2.09. The number of benzene rings is 2. The Morgan fingerprint density at radius 1 is 1.10 bits per heavy atom. The van der Waals surface area contributed by atoms with Crippen LogP contribution in [-0.4, -0.2) is 25.0 Å². The number of carbonyl (C=O) groups is 1. The lowest BCUT2D eigenvalue weighted by Crippen LogP contribution is -2.36. The summed E-state index contributed by atoms with van der Waals surface area (Å²) in [6.07, 6.45) is 0.891. The molecule has 1 atom stereocenters. The largest absolute Gasteiger partial charge is 0.352 e. The van der Waals surface area contributed by atoms with E-state index in [0.717, 1.165) is 17.5 Å². The lowest BCUT2D eigenvalue weighted by molar-refractivity contribution is 0.0939. The molecule has 0 bridgehead atoms. The maximum atomic E-state index is 13.4. The number of aliphatic imine (C=N–C) groups is 1. The first-order valence-electron chi connectivity index (χ1n) is 9.52. The topological polar surface area (TPSA) is 65.5 Å². The monoisotopic (exact) mass is 512 g/mol. The van der Waals surface area contributed by atoms with Crippen molar-refractivity contribution in [3.63, 3.8) is 0 Å². The molecule has 2 aromatic rings. The molecule has 0 radical (unpaired) electrons. The number of nitrogens with one attached hydrogen (secondary N) is 3. The number of aryl methyl sites for hydroxylation is 1. The van der Waals surface area contributed by atoms with Crippen LogP contribution >= 0.6 is 24.0 Å². The molecule has 0 aliphatic carbocycles. The summed E-state index contributed by atoms with van der Waals surface area (Å²) in [6.45, 7) is 6.85.